The molecule has 0 radical (unpaired) electrons. The second-order valence-electron chi connectivity index (χ2n) is 6.73. The van der Waals surface area contributed by atoms with Gasteiger partial charge in [-0.25, -0.2) is 9.64 Å². The highest BCUT2D eigenvalue weighted by molar-refractivity contribution is 5.72. The maximum atomic E-state index is 13.6. The van der Waals surface area contributed by atoms with Gasteiger partial charge in [0.15, 0.2) is 0 Å². The molecule has 0 saturated carbocycles. The average Bonchev–Trinajstić information content (AvgIpc) is 2.75. The Labute approximate surface area is 181 Å². The summed E-state index contributed by atoms with van der Waals surface area (Å²) < 4.78 is 47.2. The van der Waals surface area contributed by atoms with Crippen LogP contribution in [0.2, 0.25) is 0 Å². The molecular formula is C23H18F3N3O3. The standard InChI is InChI=1S/C23H18F3N3O3/c1-3-28-22(31)32-17-11-7-10-16(12-17)19-13-18(23(24,25)26)20(27-2)21(30)29(19)14-15-8-5-4-6-9-15/h4-13H,3,14H2,1H3,(H,28,31). The van der Waals surface area contributed by atoms with Crippen LogP contribution in [0.15, 0.2) is 65.5 Å². The molecule has 0 unspecified atom stereocenters. The number of carbonyl (C=O) groups excluding carboxylic acids is 1. The zero-order valence-electron chi connectivity index (χ0n) is 16.9. The maximum Gasteiger partial charge on any atom is 0.412 e. The third kappa shape index (κ3) is 4.98. The molecule has 0 bridgehead atoms. The number of hydrogen-bond acceptors (Lipinski definition) is 3. The minimum Gasteiger partial charge on any atom is -0.410 e. The Bertz CT molecular complexity index is 1230. The Morgan fingerprint density at radius 2 is 1.84 bits per heavy atom. The quantitative estimate of drug-likeness (QED) is 0.551. The van der Waals surface area contributed by atoms with E-state index in [1.165, 1.54) is 24.3 Å². The zero-order chi connectivity index (χ0) is 23.3. The molecular weight excluding hydrogens is 423 g/mol. The first-order valence-corrected chi connectivity index (χ1v) is 9.57. The molecule has 32 heavy (non-hydrogen) atoms. The number of hydrogen-bond donors (Lipinski definition) is 1. The number of alkyl halides is 3. The fraction of sp³-hybridized carbons (Fsp3) is 0.174. The Kier molecular flexibility index (Phi) is 6.64. The molecule has 1 N–H and O–H groups in total. The monoisotopic (exact) mass is 441 g/mol. The van der Waals surface area contributed by atoms with Crippen LogP contribution in [0.5, 0.6) is 5.75 Å². The van der Waals surface area contributed by atoms with Crippen molar-refractivity contribution in [1.82, 2.24) is 9.88 Å². The van der Waals surface area contributed by atoms with Crippen LogP contribution in [0.25, 0.3) is 16.1 Å². The molecule has 6 nitrogen and oxygen atoms in total. The van der Waals surface area contributed by atoms with Crippen molar-refractivity contribution >= 4 is 11.8 Å². The van der Waals surface area contributed by atoms with Crippen molar-refractivity contribution in [2.24, 2.45) is 0 Å². The van der Waals surface area contributed by atoms with E-state index in [1.807, 2.05) is 0 Å². The van der Waals surface area contributed by atoms with Crippen LogP contribution in [-0.2, 0) is 12.7 Å². The van der Waals surface area contributed by atoms with E-state index < -0.39 is 29.1 Å². The van der Waals surface area contributed by atoms with E-state index in [-0.39, 0.29) is 23.6 Å². The van der Waals surface area contributed by atoms with Crippen molar-refractivity contribution in [2.45, 2.75) is 19.6 Å². The molecule has 3 aromatic rings. The fourth-order valence-electron chi connectivity index (χ4n) is 3.13. The molecule has 164 valence electrons. The average molecular weight is 441 g/mol. The van der Waals surface area contributed by atoms with Crippen LogP contribution >= 0.6 is 0 Å². The molecule has 0 saturated heterocycles. The molecule has 0 aliphatic rings. The Balaban J connectivity index is 2.21. The first-order chi connectivity index (χ1) is 15.2. The number of benzene rings is 2. The second kappa shape index (κ2) is 9.39. The summed E-state index contributed by atoms with van der Waals surface area (Å²) in [4.78, 5) is 27.6. The molecule has 0 aliphatic heterocycles. The molecule has 1 amide bonds. The molecule has 0 aliphatic carbocycles. The number of ether oxygens (including phenoxy) is 1. The molecule has 2 aromatic carbocycles. The predicted molar refractivity (Wildman–Crippen MR) is 113 cm³/mol. The van der Waals surface area contributed by atoms with Crippen LogP contribution in [0.3, 0.4) is 0 Å². The molecule has 1 heterocycles. The largest absolute Gasteiger partial charge is 0.412 e. The smallest absolute Gasteiger partial charge is 0.410 e. The van der Waals surface area contributed by atoms with E-state index in [1.54, 1.807) is 37.3 Å². The van der Waals surface area contributed by atoms with Gasteiger partial charge in [0.1, 0.15) is 5.75 Å². The topological polar surface area (TPSA) is 64.7 Å². The lowest BCUT2D eigenvalue weighted by molar-refractivity contribution is -0.136. The van der Waals surface area contributed by atoms with Crippen molar-refractivity contribution < 1.29 is 22.7 Å². The van der Waals surface area contributed by atoms with Gasteiger partial charge in [-0.15, -0.1) is 0 Å². The molecule has 0 spiro atoms. The Morgan fingerprint density at radius 1 is 1.12 bits per heavy atom. The predicted octanol–water partition coefficient (Wildman–Crippen LogP) is 5.24. The first kappa shape index (κ1) is 22.6. The highest BCUT2D eigenvalue weighted by Crippen LogP contribution is 2.37. The van der Waals surface area contributed by atoms with Crippen molar-refractivity contribution in [2.75, 3.05) is 6.54 Å². The van der Waals surface area contributed by atoms with E-state index >= 15 is 0 Å². The molecule has 0 atom stereocenters. The van der Waals surface area contributed by atoms with Gasteiger partial charge in [-0.2, -0.15) is 13.2 Å². The molecule has 9 heteroatoms. The number of amides is 1. The van der Waals surface area contributed by atoms with E-state index in [2.05, 4.69) is 10.2 Å². The summed E-state index contributed by atoms with van der Waals surface area (Å²) in [5.74, 6) is 0.0926. The number of aromatic nitrogens is 1. The lowest BCUT2D eigenvalue weighted by atomic mass is 10.1. The van der Waals surface area contributed by atoms with Gasteiger partial charge in [-0.1, -0.05) is 42.5 Å². The third-order valence-electron chi connectivity index (χ3n) is 4.54. The number of nitrogens with zero attached hydrogens (tertiary/aromatic N) is 2. The first-order valence-electron chi connectivity index (χ1n) is 9.57. The SMILES string of the molecule is [C-]#[N+]c1c(C(F)(F)F)cc(-c2cccc(OC(=O)NCC)c2)n(Cc2ccccc2)c1=O. The molecule has 3 rings (SSSR count). The summed E-state index contributed by atoms with van der Waals surface area (Å²) in [7, 11) is 0. The van der Waals surface area contributed by atoms with Gasteiger partial charge in [0, 0.05) is 24.3 Å². The summed E-state index contributed by atoms with van der Waals surface area (Å²) in [6.07, 6.45) is -5.61. The third-order valence-corrected chi connectivity index (χ3v) is 4.54. The Morgan fingerprint density at radius 3 is 2.47 bits per heavy atom. The van der Waals surface area contributed by atoms with Gasteiger partial charge in [0.25, 0.3) is 11.2 Å². The van der Waals surface area contributed by atoms with Crippen molar-refractivity contribution in [3.05, 3.63) is 93.6 Å². The van der Waals surface area contributed by atoms with E-state index in [4.69, 9.17) is 11.3 Å². The summed E-state index contributed by atoms with van der Waals surface area (Å²) in [6.45, 7) is 9.15. The molecule has 1 aromatic heterocycles. The van der Waals surface area contributed by atoms with Crippen molar-refractivity contribution in [3.8, 4) is 17.0 Å². The number of carbonyl (C=O) groups is 1. The second-order valence-corrected chi connectivity index (χ2v) is 6.73. The Hall–Kier alpha value is -4.06. The summed E-state index contributed by atoms with van der Waals surface area (Å²) >= 11 is 0. The van der Waals surface area contributed by atoms with Crippen LogP contribution in [-0.4, -0.2) is 17.2 Å². The van der Waals surface area contributed by atoms with Crippen LogP contribution in [0, 0.1) is 6.57 Å². The van der Waals surface area contributed by atoms with Gasteiger partial charge < -0.3 is 14.6 Å². The molecule has 0 fully saturated rings. The van der Waals surface area contributed by atoms with Crippen molar-refractivity contribution in [1.29, 1.82) is 0 Å². The number of pyridine rings is 1. The maximum absolute atomic E-state index is 13.6. The number of halogens is 3. The lowest BCUT2D eigenvalue weighted by Gasteiger charge is -2.18. The van der Waals surface area contributed by atoms with E-state index in [9.17, 15) is 22.8 Å². The highest BCUT2D eigenvalue weighted by Gasteiger charge is 2.36. The van der Waals surface area contributed by atoms with Gasteiger partial charge in [-0.3, -0.25) is 4.79 Å². The van der Waals surface area contributed by atoms with Crippen LogP contribution in [0.1, 0.15) is 18.1 Å². The van der Waals surface area contributed by atoms with E-state index in [0.29, 0.717) is 12.1 Å². The zero-order valence-corrected chi connectivity index (χ0v) is 16.9. The van der Waals surface area contributed by atoms with Gasteiger partial charge >= 0.3 is 12.3 Å². The van der Waals surface area contributed by atoms with Gasteiger partial charge in [0.2, 0.25) is 0 Å². The minimum absolute atomic E-state index is 0.0446. The number of nitrogens with one attached hydrogen (secondary N) is 1. The number of rotatable bonds is 5. The summed E-state index contributed by atoms with van der Waals surface area (Å²) in [5, 5.41) is 2.45. The lowest BCUT2D eigenvalue weighted by Crippen LogP contribution is -2.26. The normalized spacial score (nSPS) is 11.0. The van der Waals surface area contributed by atoms with Crippen LogP contribution < -0.4 is 15.6 Å². The minimum atomic E-state index is -4.89. The summed E-state index contributed by atoms with van der Waals surface area (Å²) in [5.41, 5.74) is -2.52. The van der Waals surface area contributed by atoms with Crippen LogP contribution in [0.4, 0.5) is 23.7 Å². The summed E-state index contributed by atoms with van der Waals surface area (Å²) in [6, 6.07) is 15.3. The van der Waals surface area contributed by atoms with Crippen molar-refractivity contribution in [3.63, 3.8) is 0 Å². The highest BCUT2D eigenvalue weighted by atomic mass is 19.4. The van der Waals surface area contributed by atoms with Gasteiger partial charge in [0.05, 0.1) is 12.1 Å². The van der Waals surface area contributed by atoms with E-state index in [0.717, 1.165) is 10.6 Å². The van der Waals surface area contributed by atoms with Gasteiger partial charge in [-0.05, 0) is 30.7 Å². The fourth-order valence-corrected chi connectivity index (χ4v) is 3.13.